The molecule has 0 aliphatic carbocycles. The predicted molar refractivity (Wildman–Crippen MR) is 65.3 cm³/mol. The van der Waals surface area contributed by atoms with Crippen LogP contribution in [0.25, 0.3) is 0 Å². The second kappa shape index (κ2) is 4.86. The van der Waals surface area contributed by atoms with Crippen molar-refractivity contribution in [2.75, 3.05) is 13.1 Å². The largest absolute Gasteiger partial charge is 0.508 e. The second-order valence-electron chi connectivity index (χ2n) is 4.93. The first-order valence-corrected chi connectivity index (χ1v) is 5.93. The molecule has 5 nitrogen and oxygen atoms in total. The van der Waals surface area contributed by atoms with E-state index in [1.807, 2.05) is 11.8 Å². The lowest BCUT2D eigenvalue weighted by atomic mass is 9.99. The number of aromatic hydroxyl groups is 2. The number of phenols is 2. The number of rotatable bonds is 3. The Morgan fingerprint density at radius 1 is 1.39 bits per heavy atom. The van der Waals surface area contributed by atoms with Crippen LogP contribution in [-0.4, -0.2) is 39.3 Å². The Balaban J connectivity index is 2.05. The summed E-state index contributed by atoms with van der Waals surface area (Å²) in [6, 6.07) is 4.47. The molecule has 0 amide bonds. The lowest BCUT2D eigenvalue weighted by Crippen LogP contribution is -2.23. The van der Waals surface area contributed by atoms with Crippen molar-refractivity contribution in [1.82, 2.24) is 4.90 Å². The van der Waals surface area contributed by atoms with E-state index in [-0.39, 0.29) is 23.3 Å². The third-order valence-electron chi connectivity index (χ3n) is 3.47. The molecule has 0 spiro atoms. The first-order valence-electron chi connectivity index (χ1n) is 5.93. The molecule has 0 saturated carbocycles. The van der Waals surface area contributed by atoms with Crippen molar-refractivity contribution < 1.29 is 20.1 Å². The zero-order valence-corrected chi connectivity index (χ0v) is 10.2. The summed E-state index contributed by atoms with van der Waals surface area (Å²) < 4.78 is 0. The van der Waals surface area contributed by atoms with Crippen LogP contribution in [0.3, 0.4) is 0 Å². The molecule has 0 radical (unpaired) electrons. The Morgan fingerprint density at radius 2 is 2.11 bits per heavy atom. The molecular formula is C13H17NO4. The quantitative estimate of drug-likeness (QED) is 0.753. The van der Waals surface area contributed by atoms with Crippen LogP contribution in [0.15, 0.2) is 18.2 Å². The molecule has 3 N–H and O–H groups in total. The van der Waals surface area contributed by atoms with Gasteiger partial charge in [-0.1, -0.05) is 13.0 Å². The van der Waals surface area contributed by atoms with Crippen LogP contribution in [0.4, 0.5) is 0 Å². The van der Waals surface area contributed by atoms with Gasteiger partial charge in [0.15, 0.2) is 0 Å². The van der Waals surface area contributed by atoms with Crippen molar-refractivity contribution in [2.24, 2.45) is 11.8 Å². The molecule has 0 aromatic heterocycles. The monoisotopic (exact) mass is 251 g/mol. The van der Waals surface area contributed by atoms with Crippen LogP contribution >= 0.6 is 0 Å². The van der Waals surface area contributed by atoms with Gasteiger partial charge in [0.1, 0.15) is 11.5 Å². The number of hydrogen-bond acceptors (Lipinski definition) is 4. The second-order valence-corrected chi connectivity index (χ2v) is 4.93. The van der Waals surface area contributed by atoms with Gasteiger partial charge in [-0.25, -0.2) is 0 Å². The number of nitrogens with zero attached hydrogens (tertiary/aromatic N) is 1. The zero-order valence-electron chi connectivity index (χ0n) is 10.2. The van der Waals surface area contributed by atoms with Gasteiger partial charge >= 0.3 is 5.97 Å². The van der Waals surface area contributed by atoms with Gasteiger partial charge < -0.3 is 15.3 Å². The summed E-state index contributed by atoms with van der Waals surface area (Å²) in [5, 5.41) is 27.9. The minimum atomic E-state index is -0.764. The van der Waals surface area contributed by atoms with Gasteiger partial charge in [0, 0.05) is 31.3 Å². The van der Waals surface area contributed by atoms with Gasteiger partial charge in [-0.2, -0.15) is 0 Å². The Labute approximate surface area is 105 Å². The molecule has 1 heterocycles. The van der Waals surface area contributed by atoms with Crippen molar-refractivity contribution >= 4 is 5.97 Å². The van der Waals surface area contributed by atoms with E-state index in [0.717, 1.165) is 0 Å². The Bertz CT molecular complexity index is 460. The van der Waals surface area contributed by atoms with Crippen LogP contribution in [0.1, 0.15) is 12.5 Å². The van der Waals surface area contributed by atoms with E-state index in [2.05, 4.69) is 0 Å². The molecule has 2 atom stereocenters. The molecule has 1 aromatic rings. The van der Waals surface area contributed by atoms with E-state index < -0.39 is 5.97 Å². The van der Waals surface area contributed by atoms with E-state index in [9.17, 15) is 15.0 Å². The highest BCUT2D eigenvalue weighted by atomic mass is 16.4. The highest BCUT2D eigenvalue weighted by Gasteiger charge is 2.34. The van der Waals surface area contributed by atoms with E-state index in [1.54, 1.807) is 6.07 Å². The summed E-state index contributed by atoms with van der Waals surface area (Å²) in [7, 11) is 0. The minimum Gasteiger partial charge on any atom is -0.508 e. The van der Waals surface area contributed by atoms with Crippen molar-refractivity contribution in [3.8, 4) is 11.5 Å². The maximum absolute atomic E-state index is 11.0. The maximum Gasteiger partial charge on any atom is 0.308 e. The fourth-order valence-corrected chi connectivity index (χ4v) is 2.44. The summed E-state index contributed by atoms with van der Waals surface area (Å²) in [6.07, 6.45) is 0. The van der Waals surface area contributed by atoms with Gasteiger partial charge in [0.2, 0.25) is 0 Å². The van der Waals surface area contributed by atoms with E-state index >= 15 is 0 Å². The minimum absolute atomic E-state index is 0.0226. The molecule has 18 heavy (non-hydrogen) atoms. The molecular weight excluding hydrogens is 234 g/mol. The third kappa shape index (κ3) is 2.56. The van der Waals surface area contributed by atoms with Crippen molar-refractivity contribution in [3.63, 3.8) is 0 Å². The van der Waals surface area contributed by atoms with Crippen molar-refractivity contribution in [1.29, 1.82) is 0 Å². The molecule has 2 rings (SSSR count). The van der Waals surface area contributed by atoms with Gasteiger partial charge in [0.25, 0.3) is 0 Å². The molecule has 1 aromatic carbocycles. The van der Waals surface area contributed by atoms with Crippen molar-refractivity contribution in [2.45, 2.75) is 13.5 Å². The molecule has 5 heteroatoms. The van der Waals surface area contributed by atoms with E-state index in [1.165, 1.54) is 12.1 Å². The molecule has 1 aliphatic heterocycles. The molecule has 1 fully saturated rings. The molecule has 2 unspecified atom stereocenters. The summed E-state index contributed by atoms with van der Waals surface area (Å²) >= 11 is 0. The van der Waals surface area contributed by atoms with Gasteiger partial charge in [0.05, 0.1) is 5.92 Å². The highest BCUT2D eigenvalue weighted by Crippen LogP contribution is 2.28. The van der Waals surface area contributed by atoms with Gasteiger partial charge in [-0.15, -0.1) is 0 Å². The lowest BCUT2D eigenvalue weighted by molar-refractivity contribution is -0.142. The van der Waals surface area contributed by atoms with Crippen LogP contribution in [0.2, 0.25) is 0 Å². The van der Waals surface area contributed by atoms with Crippen LogP contribution in [0.5, 0.6) is 11.5 Å². The predicted octanol–water partition coefficient (Wildman–Crippen LogP) is 1.25. The molecule has 1 aliphatic rings. The van der Waals surface area contributed by atoms with Crippen LogP contribution < -0.4 is 0 Å². The van der Waals surface area contributed by atoms with E-state index in [4.69, 9.17) is 5.11 Å². The number of aliphatic carboxylic acids is 1. The van der Waals surface area contributed by atoms with Gasteiger partial charge in [-0.3, -0.25) is 9.69 Å². The number of phenolic OH excluding ortho intramolecular Hbond substituents is 2. The Morgan fingerprint density at radius 3 is 2.67 bits per heavy atom. The molecule has 1 saturated heterocycles. The number of benzene rings is 1. The Kier molecular flexibility index (Phi) is 3.43. The van der Waals surface area contributed by atoms with Crippen LogP contribution in [0, 0.1) is 11.8 Å². The summed E-state index contributed by atoms with van der Waals surface area (Å²) in [6.45, 7) is 3.63. The average Bonchev–Trinajstić information content (AvgIpc) is 2.64. The SMILES string of the molecule is CC1CN(Cc2ccc(O)cc2O)CC1C(=O)O. The number of carboxylic acids is 1. The first kappa shape index (κ1) is 12.7. The first-order chi connectivity index (χ1) is 8.47. The number of hydrogen-bond donors (Lipinski definition) is 3. The zero-order chi connectivity index (χ0) is 13.3. The van der Waals surface area contributed by atoms with Crippen LogP contribution in [-0.2, 0) is 11.3 Å². The fourth-order valence-electron chi connectivity index (χ4n) is 2.44. The lowest BCUT2D eigenvalue weighted by Gasteiger charge is -2.16. The maximum atomic E-state index is 11.0. The van der Waals surface area contributed by atoms with Gasteiger partial charge in [-0.05, 0) is 12.0 Å². The fraction of sp³-hybridized carbons (Fsp3) is 0.462. The normalized spacial score (nSPS) is 24.3. The summed E-state index contributed by atoms with van der Waals surface area (Å²) in [4.78, 5) is 13.0. The molecule has 98 valence electrons. The smallest absolute Gasteiger partial charge is 0.308 e. The summed E-state index contributed by atoms with van der Waals surface area (Å²) in [5.74, 6) is -0.929. The average molecular weight is 251 g/mol. The third-order valence-corrected chi connectivity index (χ3v) is 3.47. The molecule has 0 bridgehead atoms. The number of carbonyl (C=O) groups is 1. The number of likely N-dealkylation sites (tertiary alicyclic amines) is 1. The van der Waals surface area contributed by atoms with Crippen molar-refractivity contribution in [3.05, 3.63) is 23.8 Å². The highest BCUT2D eigenvalue weighted by molar-refractivity contribution is 5.71. The van der Waals surface area contributed by atoms with E-state index in [0.29, 0.717) is 25.2 Å². The Hall–Kier alpha value is -1.75. The summed E-state index contributed by atoms with van der Waals surface area (Å²) in [5.41, 5.74) is 0.700. The topological polar surface area (TPSA) is 81.0 Å². The standard InChI is InChI=1S/C13H17NO4/c1-8-5-14(7-11(8)13(17)18)6-9-2-3-10(15)4-12(9)16/h2-4,8,11,15-16H,5-7H2,1H3,(H,17,18). The number of carboxylic acid groups (broad SMARTS) is 1.